The van der Waals surface area contributed by atoms with Crippen LogP contribution < -0.4 is 10.6 Å². The number of likely N-dealkylation sites (N-methyl/N-ethyl adjacent to an activating group) is 1. The third kappa shape index (κ3) is 8.09. The van der Waals surface area contributed by atoms with Gasteiger partial charge < -0.3 is 25.2 Å². The third-order valence-electron chi connectivity index (χ3n) is 6.49. The Bertz CT molecular complexity index is 735. The number of nitrogens with one attached hydrogen (secondary N) is 2. The number of ether oxygens (including phenoxy) is 1. The smallest absolute Gasteiger partial charge is 0.249 e. The first-order valence-corrected chi connectivity index (χ1v) is 12.3. The van der Waals surface area contributed by atoms with Crippen LogP contribution in [0.2, 0.25) is 0 Å². The first-order chi connectivity index (χ1) is 16.3. The second kappa shape index (κ2) is 14.1. The first-order valence-electron chi connectivity index (χ1n) is 12.3. The Labute approximate surface area is 203 Å². The van der Waals surface area contributed by atoms with E-state index in [1.54, 1.807) is 29.8 Å². The van der Waals surface area contributed by atoms with Crippen molar-refractivity contribution in [2.24, 2.45) is 5.92 Å². The van der Waals surface area contributed by atoms with E-state index in [4.69, 9.17) is 4.74 Å². The minimum atomic E-state index is -0.465. The lowest BCUT2D eigenvalue weighted by atomic mass is 9.99. The van der Waals surface area contributed by atoms with Crippen LogP contribution in [0.3, 0.4) is 0 Å². The maximum absolute atomic E-state index is 13.2. The highest BCUT2D eigenvalue weighted by Crippen LogP contribution is 2.21. The second-order valence-electron chi connectivity index (χ2n) is 9.34. The Morgan fingerprint density at radius 2 is 1.88 bits per heavy atom. The van der Waals surface area contributed by atoms with Gasteiger partial charge in [0.25, 0.3) is 0 Å². The van der Waals surface area contributed by atoms with E-state index in [0.717, 1.165) is 45.7 Å². The van der Waals surface area contributed by atoms with Crippen molar-refractivity contribution >= 4 is 24.1 Å². The molecule has 0 bridgehead atoms. The molecule has 2 N–H and O–H groups in total. The SMILES string of the molecule is CC(=CC(C(C)C)N(C)C(=O)CNC=O)C(=O)N1CCC[C@H]1C(=O)NCCCN1CCOCC1. The normalized spacial score (nSPS) is 20.2. The average Bonchev–Trinajstić information content (AvgIpc) is 3.33. The molecule has 2 fully saturated rings. The Morgan fingerprint density at radius 1 is 1.18 bits per heavy atom. The fraction of sp³-hybridized carbons (Fsp3) is 0.750. The van der Waals surface area contributed by atoms with Gasteiger partial charge in [-0.05, 0) is 38.6 Å². The van der Waals surface area contributed by atoms with Crippen LogP contribution in [0.4, 0.5) is 0 Å². The van der Waals surface area contributed by atoms with Crippen LogP contribution >= 0.6 is 0 Å². The average molecular weight is 480 g/mol. The van der Waals surface area contributed by atoms with Gasteiger partial charge in [0.2, 0.25) is 24.1 Å². The monoisotopic (exact) mass is 479 g/mol. The predicted molar refractivity (Wildman–Crippen MR) is 129 cm³/mol. The van der Waals surface area contributed by atoms with Crippen molar-refractivity contribution in [1.29, 1.82) is 0 Å². The fourth-order valence-electron chi connectivity index (χ4n) is 4.46. The molecule has 34 heavy (non-hydrogen) atoms. The molecular weight excluding hydrogens is 438 g/mol. The van der Waals surface area contributed by atoms with Gasteiger partial charge in [-0.3, -0.25) is 24.1 Å². The van der Waals surface area contributed by atoms with E-state index in [9.17, 15) is 19.2 Å². The molecule has 0 aliphatic carbocycles. The van der Waals surface area contributed by atoms with Crippen LogP contribution in [0.25, 0.3) is 0 Å². The lowest BCUT2D eigenvalue weighted by Crippen LogP contribution is -2.47. The van der Waals surface area contributed by atoms with Crippen molar-refractivity contribution in [3.8, 4) is 0 Å². The summed E-state index contributed by atoms with van der Waals surface area (Å²) in [4.78, 5) is 54.4. The van der Waals surface area contributed by atoms with Gasteiger partial charge in [0, 0.05) is 38.8 Å². The summed E-state index contributed by atoms with van der Waals surface area (Å²) >= 11 is 0. The van der Waals surface area contributed by atoms with Crippen LogP contribution in [0.15, 0.2) is 11.6 Å². The Balaban J connectivity index is 1.93. The maximum atomic E-state index is 13.2. The number of likely N-dealkylation sites (tertiary alicyclic amines) is 1. The number of carbonyl (C=O) groups is 4. The largest absolute Gasteiger partial charge is 0.379 e. The zero-order valence-electron chi connectivity index (χ0n) is 21.0. The van der Waals surface area contributed by atoms with E-state index in [0.29, 0.717) is 31.5 Å². The van der Waals surface area contributed by atoms with E-state index in [1.807, 2.05) is 13.8 Å². The number of carbonyl (C=O) groups excluding carboxylic acids is 4. The minimum absolute atomic E-state index is 0.0667. The predicted octanol–water partition coefficient (Wildman–Crippen LogP) is -0.00880. The van der Waals surface area contributed by atoms with Gasteiger partial charge in [0.1, 0.15) is 6.04 Å². The summed E-state index contributed by atoms with van der Waals surface area (Å²) in [6, 6.07) is -0.771. The molecule has 192 valence electrons. The van der Waals surface area contributed by atoms with E-state index in [-0.39, 0.29) is 36.2 Å². The van der Waals surface area contributed by atoms with Crippen LogP contribution in [0, 0.1) is 5.92 Å². The van der Waals surface area contributed by atoms with Gasteiger partial charge in [-0.15, -0.1) is 0 Å². The number of amides is 4. The third-order valence-corrected chi connectivity index (χ3v) is 6.49. The van der Waals surface area contributed by atoms with E-state index in [2.05, 4.69) is 15.5 Å². The molecule has 0 aromatic carbocycles. The number of hydrogen-bond donors (Lipinski definition) is 2. The summed E-state index contributed by atoms with van der Waals surface area (Å²) in [6.07, 6.45) is 4.58. The highest BCUT2D eigenvalue weighted by Gasteiger charge is 2.35. The summed E-state index contributed by atoms with van der Waals surface area (Å²) in [7, 11) is 1.66. The number of hydrogen-bond acceptors (Lipinski definition) is 6. The quantitative estimate of drug-likeness (QED) is 0.231. The van der Waals surface area contributed by atoms with Gasteiger partial charge in [0.05, 0.1) is 25.8 Å². The van der Waals surface area contributed by atoms with Crippen molar-refractivity contribution in [1.82, 2.24) is 25.3 Å². The molecule has 0 aromatic heterocycles. The molecule has 2 saturated heterocycles. The van der Waals surface area contributed by atoms with Crippen molar-refractivity contribution in [3.05, 3.63) is 11.6 Å². The first kappa shape index (κ1) is 27.8. The van der Waals surface area contributed by atoms with E-state index < -0.39 is 6.04 Å². The summed E-state index contributed by atoms with van der Waals surface area (Å²) in [5.74, 6) is -0.452. The Kier molecular flexibility index (Phi) is 11.5. The molecular formula is C24H41N5O5. The summed E-state index contributed by atoms with van der Waals surface area (Å²) in [5, 5.41) is 5.38. The fourth-order valence-corrected chi connectivity index (χ4v) is 4.46. The molecule has 4 amide bonds. The summed E-state index contributed by atoms with van der Waals surface area (Å²) in [5.41, 5.74) is 0.508. The maximum Gasteiger partial charge on any atom is 0.249 e. The standard InChI is InChI=1S/C24H41N5O5/c1-18(2)21(27(4)22(31)16-25-17-30)15-19(3)24(33)29-10-5-7-20(29)23(32)26-8-6-9-28-11-13-34-14-12-28/h15,17-18,20-21H,5-14,16H2,1-4H3,(H,25,30)(H,26,32)/t20-,21?/m0/s1. The highest BCUT2D eigenvalue weighted by atomic mass is 16.5. The molecule has 1 unspecified atom stereocenters. The van der Waals surface area contributed by atoms with Crippen molar-refractivity contribution in [2.45, 2.75) is 52.1 Å². The van der Waals surface area contributed by atoms with Crippen LogP contribution in [-0.2, 0) is 23.9 Å². The Hall–Kier alpha value is -2.46. The lowest BCUT2D eigenvalue weighted by molar-refractivity contribution is -0.135. The summed E-state index contributed by atoms with van der Waals surface area (Å²) < 4.78 is 5.35. The van der Waals surface area contributed by atoms with E-state index in [1.165, 1.54) is 0 Å². The molecule has 0 saturated carbocycles. The Morgan fingerprint density at radius 3 is 2.53 bits per heavy atom. The number of nitrogens with zero attached hydrogens (tertiary/aromatic N) is 3. The van der Waals surface area contributed by atoms with Crippen molar-refractivity contribution < 1.29 is 23.9 Å². The van der Waals surface area contributed by atoms with Gasteiger partial charge in [-0.1, -0.05) is 19.9 Å². The summed E-state index contributed by atoms with van der Waals surface area (Å²) in [6.45, 7) is 11.0. The number of morpholine rings is 1. The van der Waals surface area contributed by atoms with Gasteiger partial charge in [0.15, 0.2) is 0 Å². The zero-order chi connectivity index (χ0) is 25.1. The van der Waals surface area contributed by atoms with Gasteiger partial charge >= 0.3 is 0 Å². The van der Waals surface area contributed by atoms with Crippen LogP contribution in [-0.4, -0.2) is 110 Å². The molecule has 2 aliphatic heterocycles. The van der Waals surface area contributed by atoms with E-state index >= 15 is 0 Å². The molecule has 0 spiro atoms. The minimum Gasteiger partial charge on any atom is -0.379 e. The molecule has 10 nitrogen and oxygen atoms in total. The molecule has 10 heteroatoms. The zero-order valence-corrected chi connectivity index (χ0v) is 21.0. The topological polar surface area (TPSA) is 111 Å². The van der Waals surface area contributed by atoms with Gasteiger partial charge in [-0.2, -0.15) is 0 Å². The molecule has 2 aliphatic rings. The van der Waals surface area contributed by atoms with Crippen LogP contribution in [0.5, 0.6) is 0 Å². The molecule has 0 aromatic rings. The lowest BCUT2D eigenvalue weighted by Gasteiger charge is -2.30. The second-order valence-corrected chi connectivity index (χ2v) is 9.34. The molecule has 2 rings (SSSR count). The number of rotatable bonds is 12. The van der Waals surface area contributed by atoms with Gasteiger partial charge in [-0.25, -0.2) is 0 Å². The molecule has 2 atom stereocenters. The van der Waals surface area contributed by atoms with Crippen molar-refractivity contribution in [2.75, 3.05) is 59.5 Å². The molecule has 0 radical (unpaired) electrons. The van der Waals surface area contributed by atoms with Crippen LogP contribution in [0.1, 0.15) is 40.0 Å². The molecule has 2 heterocycles. The van der Waals surface area contributed by atoms with Crippen molar-refractivity contribution in [3.63, 3.8) is 0 Å². The highest BCUT2D eigenvalue weighted by molar-refractivity contribution is 5.97.